The third-order valence-corrected chi connectivity index (χ3v) is 20.7. The number of aldehydes is 1. The molecule has 5 N–H and O–H groups in total. The van der Waals surface area contributed by atoms with Crippen LogP contribution in [0.15, 0.2) is 42.0 Å². The predicted octanol–water partition coefficient (Wildman–Crippen LogP) is 5.18. The van der Waals surface area contributed by atoms with Gasteiger partial charge in [0.1, 0.15) is 6.10 Å². The summed E-state index contributed by atoms with van der Waals surface area (Å²) in [7, 11) is 0. The summed E-state index contributed by atoms with van der Waals surface area (Å²) in [4.78, 5) is 28.6. The highest BCUT2D eigenvalue weighted by Crippen LogP contribution is 2.85. The van der Waals surface area contributed by atoms with Gasteiger partial charge in [0.2, 0.25) is 0 Å². The molecule has 12 rings (SSSR count). The van der Waals surface area contributed by atoms with E-state index in [2.05, 4.69) is 56.1 Å². The first-order chi connectivity index (χ1) is 27.6. The zero-order valence-electron chi connectivity index (χ0n) is 34.6. The third-order valence-electron chi connectivity index (χ3n) is 20.7. The van der Waals surface area contributed by atoms with Crippen LogP contribution in [0.1, 0.15) is 121 Å². The van der Waals surface area contributed by atoms with Crippen LogP contribution in [0.5, 0.6) is 0 Å². The standard InChI is InChI=1S/C51H62O7/c1-44-16-5-4-11-41(56)51-37(25-44)36-24-38(54)43-47(45(36,2)29-49(51,58)20-13-33-10-7-17-48(33,51)28-44)18-12-31-22-34-30(8-6-9-32(34)26-52)23-35(31)50(43)21-15-40(55)46(3,42(57)27-53)39(50)14-19-47/h6,8-9,13,20,22-24,26,31,33,35,37,39-43,53,55-58H,5,7,10,12,14-19,21,25,27-29H2,1-3H3/t31-,33-,35+,37+,39+,40-,41+,42+,43+,44+,45+,46-,47+,48-,49-,50-,51-/m0/s1. The zero-order valence-corrected chi connectivity index (χ0v) is 34.6. The van der Waals surface area contributed by atoms with Gasteiger partial charge in [-0.2, -0.15) is 0 Å². The summed E-state index contributed by atoms with van der Waals surface area (Å²) >= 11 is 0. The molecule has 1 aromatic rings. The Kier molecular flexibility index (Phi) is 7.84. The van der Waals surface area contributed by atoms with Gasteiger partial charge in [-0.15, -0.1) is 5.92 Å². The molecular formula is C51H62O7. The molecule has 17 atom stereocenters. The minimum atomic E-state index is -1.36. The number of benzene rings is 1. The number of hydrogen-bond donors (Lipinski definition) is 5. The first kappa shape index (κ1) is 38.1. The molecule has 6 fully saturated rings. The summed E-state index contributed by atoms with van der Waals surface area (Å²) in [5.41, 5.74) is -3.81. The summed E-state index contributed by atoms with van der Waals surface area (Å²) in [5.74, 6) is 6.07. The average Bonchev–Trinajstić information content (AvgIpc) is 3.61. The van der Waals surface area contributed by atoms with Crippen LogP contribution in [0.2, 0.25) is 0 Å². The fourth-order valence-electron chi connectivity index (χ4n) is 18.8. The molecule has 0 saturated heterocycles. The van der Waals surface area contributed by atoms with E-state index in [1.807, 2.05) is 25.1 Å². The fraction of sp³-hybridized carbons (Fsp3) is 0.686. The molecule has 0 radical (unpaired) electrons. The first-order valence-corrected chi connectivity index (χ1v) is 22.7. The number of aliphatic hydroxyl groups excluding tert-OH is 4. The molecule has 11 aliphatic rings. The van der Waals surface area contributed by atoms with Crippen molar-refractivity contribution in [3.05, 3.63) is 58.0 Å². The minimum absolute atomic E-state index is 0.00863. The van der Waals surface area contributed by atoms with Crippen molar-refractivity contribution in [3.8, 4) is 11.8 Å². The highest BCUT2D eigenvalue weighted by atomic mass is 16.3. The summed E-state index contributed by atoms with van der Waals surface area (Å²) in [6, 6.07) is 5.87. The maximum atomic E-state index is 16.1. The van der Waals surface area contributed by atoms with Gasteiger partial charge in [0.25, 0.3) is 0 Å². The Bertz CT molecular complexity index is 2260. The van der Waals surface area contributed by atoms with Gasteiger partial charge >= 0.3 is 0 Å². The molecule has 0 aromatic heterocycles. The van der Waals surface area contributed by atoms with Crippen molar-refractivity contribution in [2.24, 2.45) is 73.4 Å². The topological polar surface area (TPSA) is 135 Å². The van der Waals surface area contributed by atoms with Gasteiger partial charge in [-0.25, -0.2) is 0 Å². The minimum Gasteiger partial charge on any atom is -0.394 e. The van der Waals surface area contributed by atoms with Crippen LogP contribution < -0.4 is 10.4 Å². The van der Waals surface area contributed by atoms with E-state index >= 15 is 4.79 Å². The largest absolute Gasteiger partial charge is 0.394 e. The summed E-state index contributed by atoms with van der Waals surface area (Å²) in [6.45, 7) is 6.27. The summed E-state index contributed by atoms with van der Waals surface area (Å²) < 4.78 is 0. The van der Waals surface area contributed by atoms with Crippen LogP contribution >= 0.6 is 0 Å². The Morgan fingerprint density at radius 3 is 2.57 bits per heavy atom. The highest BCUT2D eigenvalue weighted by molar-refractivity contribution is 5.96. The molecule has 1 aromatic carbocycles. The molecule has 4 bridgehead atoms. The van der Waals surface area contributed by atoms with E-state index in [1.54, 1.807) is 0 Å². The Hall–Kier alpha value is -2.86. The number of rotatable bonds is 3. The molecule has 0 aliphatic heterocycles. The van der Waals surface area contributed by atoms with Crippen LogP contribution in [0.4, 0.5) is 0 Å². The lowest BCUT2D eigenvalue weighted by Crippen LogP contribution is -2.78. The zero-order chi connectivity index (χ0) is 40.5. The smallest absolute Gasteiger partial charge is 0.159 e. The molecular weight excluding hydrogens is 725 g/mol. The Morgan fingerprint density at radius 1 is 0.966 bits per heavy atom. The molecule has 11 aliphatic carbocycles. The van der Waals surface area contributed by atoms with Gasteiger partial charge < -0.3 is 25.5 Å². The maximum absolute atomic E-state index is 16.1. The van der Waals surface area contributed by atoms with E-state index in [1.165, 1.54) is 0 Å². The number of fused-ring (bicyclic) bond motifs is 6. The maximum Gasteiger partial charge on any atom is 0.159 e. The normalized spacial score (nSPS) is 53.2. The van der Waals surface area contributed by atoms with Crippen LogP contribution in [0, 0.1) is 85.3 Å². The van der Waals surface area contributed by atoms with Crippen LogP contribution in [-0.4, -0.2) is 68.1 Å². The van der Waals surface area contributed by atoms with Gasteiger partial charge in [0, 0.05) is 23.3 Å². The van der Waals surface area contributed by atoms with Crippen molar-refractivity contribution < 1.29 is 35.1 Å². The monoisotopic (exact) mass is 786 g/mol. The molecule has 308 valence electrons. The molecule has 58 heavy (non-hydrogen) atoms. The van der Waals surface area contributed by atoms with Crippen molar-refractivity contribution in [1.82, 2.24) is 0 Å². The lowest BCUT2D eigenvalue weighted by molar-refractivity contribution is -0.294. The number of aliphatic hydroxyl groups is 5. The number of ketones is 1. The van der Waals surface area contributed by atoms with Crippen LogP contribution in [0.3, 0.4) is 0 Å². The molecule has 0 heterocycles. The van der Waals surface area contributed by atoms with Gasteiger partial charge in [-0.1, -0.05) is 81.2 Å². The summed E-state index contributed by atoms with van der Waals surface area (Å²) in [5, 5.41) is 63.1. The molecule has 7 heteroatoms. The SMILES string of the molecule is C[C@@]12CCC#C[C@@H](O)[C@]34[C@H](C1)C1=CC(=O)[C@H]5[C@]67CC[C@H](O)[C@@](C)([C@H](O)CO)[C@H]6CC[C@@]5(CC[C@H]5C=c6c(C=O)cccc6=C[C@H]57)[C@]1(C)C[C@@]3(O)C=C[C@@H]1CCC[C@]14C2. The Labute approximate surface area is 342 Å². The van der Waals surface area contributed by atoms with Crippen molar-refractivity contribution in [2.75, 3.05) is 6.61 Å². The highest BCUT2D eigenvalue weighted by Gasteiger charge is 2.83. The number of carbonyl (C=O) groups excluding carboxylic acids is 2. The van der Waals surface area contributed by atoms with Crippen LogP contribution in [0.25, 0.3) is 12.2 Å². The first-order valence-electron chi connectivity index (χ1n) is 22.7. The van der Waals surface area contributed by atoms with Crippen molar-refractivity contribution >= 4 is 24.2 Å². The molecule has 0 unspecified atom stereocenters. The predicted molar refractivity (Wildman–Crippen MR) is 220 cm³/mol. The van der Waals surface area contributed by atoms with E-state index in [-0.39, 0.29) is 46.2 Å². The molecule has 6 saturated carbocycles. The molecule has 0 amide bonds. The van der Waals surface area contributed by atoms with E-state index in [0.29, 0.717) is 44.1 Å². The molecule has 3 spiro atoms. The summed E-state index contributed by atoms with van der Waals surface area (Å²) in [6.07, 6.45) is 19.8. The van der Waals surface area contributed by atoms with E-state index in [9.17, 15) is 30.3 Å². The second kappa shape index (κ2) is 11.9. The lowest BCUT2D eigenvalue weighted by atomic mass is 9.26. The Balaban J connectivity index is 1.19. The van der Waals surface area contributed by atoms with Crippen molar-refractivity contribution in [3.63, 3.8) is 0 Å². The quantitative estimate of drug-likeness (QED) is 0.162. The van der Waals surface area contributed by atoms with E-state index in [0.717, 1.165) is 73.7 Å². The van der Waals surface area contributed by atoms with Gasteiger partial charge in [-0.3, -0.25) is 9.59 Å². The fourth-order valence-corrected chi connectivity index (χ4v) is 18.8. The second-order valence-corrected chi connectivity index (χ2v) is 22.2. The second-order valence-electron chi connectivity index (χ2n) is 22.2. The molecule has 7 nitrogen and oxygen atoms in total. The van der Waals surface area contributed by atoms with Gasteiger partial charge in [-0.05, 0) is 150 Å². The Morgan fingerprint density at radius 2 is 1.78 bits per heavy atom. The lowest BCUT2D eigenvalue weighted by Gasteiger charge is -2.78. The van der Waals surface area contributed by atoms with Gasteiger partial charge in [0.15, 0.2) is 12.1 Å². The third kappa shape index (κ3) is 4.08. The average molecular weight is 787 g/mol. The van der Waals surface area contributed by atoms with E-state index in [4.69, 9.17) is 0 Å². The van der Waals surface area contributed by atoms with E-state index < -0.39 is 63.5 Å². The number of hydrogen-bond acceptors (Lipinski definition) is 7. The number of carbonyl (C=O) groups is 2. The van der Waals surface area contributed by atoms with Crippen molar-refractivity contribution in [2.45, 2.75) is 135 Å². The van der Waals surface area contributed by atoms with Crippen LogP contribution in [-0.2, 0) is 4.79 Å². The van der Waals surface area contributed by atoms with Gasteiger partial charge in [0.05, 0.1) is 29.8 Å². The van der Waals surface area contributed by atoms with Crippen molar-refractivity contribution in [1.29, 1.82) is 0 Å². The number of allylic oxidation sites excluding steroid dienone is 3.